The number of hydrogen-bond donors (Lipinski definition) is 1. The van der Waals surface area contributed by atoms with E-state index in [-0.39, 0.29) is 5.91 Å². The third kappa shape index (κ3) is 3.27. The number of hydrogen-bond acceptors (Lipinski definition) is 2. The molecule has 0 aliphatic carbocycles. The van der Waals surface area contributed by atoms with Gasteiger partial charge in [-0.3, -0.25) is 9.48 Å². The van der Waals surface area contributed by atoms with Gasteiger partial charge < -0.3 is 5.32 Å². The second-order valence-electron chi connectivity index (χ2n) is 5.31. The van der Waals surface area contributed by atoms with Crippen LogP contribution in [0, 0.1) is 6.92 Å². The average Bonchev–Trinajstić information content (AvgIpc) is 2.87. The predicted octanol–water partition coefficient (Wildman–Crippen LogP) is 4.30. The number of carbonyl (C=O) groups is 1. The topological polar surface area (TPSA) is 46.9 Å². The molecule has 1 aromatic heterocycles. The van der Waals surface area contributed by atoms with E-state index in [0.29, 0.717) is 16.3 Å². The normalized spacial score (nSPS) is 10.6. The Morgan fingerprint density at radius 2 is 1.83 bits per heavy atom. The molecule has 5 heteroatoms. The summed E-state index contributed by atoms with van der Waals surface area (Å²) in [6, 6.07) is 15.2. The monoisotopic (exact) mass is 325 g/mol. The van der Waals surface area contributed by atoms with Crippen molar-refractivity contribution in [1.29, 1.82) is 0 Å². The van der Waals surface area contributed by atoms with Gasteiger partial charge in [0.1, 0.15) is 0 Å². The Bertz CT molecular complexity index is 853. The van der Waals surface area contributed by atoms with E-state index in [9.17, 15) is 4.79 Å². The lowest BCUT2D eigenvalue weighted by Crippen LogP contribution is -2.13. The summed E-state index contributed by atoms with van der Waals surface area (Å²) >= 11 is 5.94. The smallest absolute Gasteiger partial charge is 0.259 e. The molecule has 0 saturated carbocycles. The first-order valence-corrected chi connectivity index (χ1v) is 7.59. The summed E-state index contributed by atoms with van der Waals surface area (Å²) in [4.78, 5) is 12.5. The quantitative estimate of drug-likeness (QED) is 0.780. The Hall–Kier alpha value is -2.59. The van der Waals surface area contributed by atoms with E-state index in [2.05, 4.69) is 10.4 Å². The molecule has 0 radical (unpaired) electrons. The van der Waals surface area contributed by atoms with Crippen LogP contribution in [0.4, 0.5) is 5.69 Å². The van der Waals surface area contributed by atoms with Crippen LogP contribution in [0.3, 0.4) is 0 Å². The molecule has 4 nitrogen and oxygen atoms in total. The molecule has 23 heavy (non-hydrogen) atoms. The van der Waals surface area contributed by atoms with E-state index in [1.807, 2.05) is 55.5 Å². The third-order valence-corrected chi connectivity index (χ3v) is 3.84. The number of carbonyl (C=O) groups excluding carboxylic acids is 1. The highest BCUT2D eigenvalue weighted by Crippen LogP contribution is 2.29. The Morgan fingerprint density at radius 3 is 2.48 bits per heavy atom. The molecular formula is C18H16ClN3O. The molecule has 0 aliphatic heterocycles. The highest BCUT2D eigenvalue weighted by atomic mass is 35.5. The molecule has 2 aromatic carbocycles. The van der Waals surface area contributed by atoms with Crippen molar-refractivity contribution in [2.75, 3.05) is 5.32 Å². The Kier molecular flexibility index (Phi) is 4.17. The van der Waals surface area contributed by atoms with Crippen molar-refractivity contribution < 1.29 is 4.79 Å². The zero-order valence-electron chi connectivity index (χ0n) is 12.9. The van der Waals surface area contributed by atoms with Gasteiger partial charge in [0, 0.05) is 29.5 Å². The maximum absolute atomic E-state index is 12.5. The second kappa shape index (κ2) is 6.26. The van der Waals surface area contributed by atoms with Crippen molar-refractivity contribution in [1.82, 2.24) is 9.78 Å². The second-order valence-corrected chi connectivity index (χ2v) is 5.74. The maximum Gasteiger partial charge on any atom is 0.259 e. The summed E-state index contributed by atoms with van der Waals surface area (Å²) < 4.78 is 1.63. The van der Waals surface area contributed by atoms with E-state index < -0.39 is 0 Å². The summed E-state index contributed by atoms with van der Waals surface area (Å²) in [7, 11) is 1.80. The molecule has 3 rings (SSSR count). The number of nitrogens with zero attached hydrogens (tertiary/aromatic N) is 2. The van der Waals surface area contributed by atoms with E-state index in [4.69, 9.17) is 11.6 Å². The first kappa shape index (κ1) is 15.3. The first-order chi connectivity index (χ1) is 11.0. The van der Waals surface area contributed by atoms with Crippen molar-refractivity contribution >= 4 is 23.2 Å². The Morgan fingerprint density at radius 1 is 1.13 bits per heavy atom. The van der Waals surface area contributed by atoms with Crippen LogP contribution in [0.2, 0.25) is 5.02 Å². The third-order valence-electron chi connectivity index (χ3n) is 3.59. The van der Waals surface area contributed by atoms with Crippen LogP contribution in [-0.4, -0.2) is 15.7 Å². The van der Waals surface area contributed by atoms with Crippen LogP contribution in [0.15, 0.2) is 54.7 Å². The van der Waals surface area contributed by atoms with Gasteiger partial charge in [0.15, 0.2) is 0 Å². The van der Waals surface area contributed by atoms with Crippen LogP contribution in [0.25, 0.3) is 11.1 Å². The largest absolute Gasteiger partial charge is 0.321 e. The molecule has 0 saturated heterocycles. The molecule has 1 amide bonds. The lowest BCUT2D eigenvalue weighted by atomic mass is 10.0. The first-order valence-electron chi connectivity index (χ1n) is 7.21. The Labute approximate surface area is 139 Å². The van der Waals surface area contributed by atoms with E-state index in [1.54, 1.807) is 17.9 Å². The number of para-hydroxylation sites is 1. The lowest BCUT2D eigenvalue weighted by molar-refractivity contribution is 0.102. The van der Waals surface area contributed by atoms with Crippen molar-refractivity contribution in [3.63, 3.8) is 0 Å². The van der Waals surface area contributed by atoms with Crippen LogP contribution in [0.1, 0.15) is 16.1 Å². The van der Waals surface area contributed by atoms with Crippen LogP contribution in [0.5, 0.6) is 0 Å². The molecule has 116 valence electrons. The molecule has 0 aliphatic rings. The van der Waals surface area contributed by atoms with Gasteiger partial charge in [0.25, 0.3) is 5.91 Å². The van der Waals surface area contributed by atoms with Gasteiger partial charge >= 0.3 is 0 Å². The van der Waals surface area contributed by atoms with Gasteiger partial charge in [-0.2, -0.15) is 5.10 Å². The summed E-state index contributed by atoms with van der Waals surface area (Å²) in [5.41, 5.74) is 3.96. The number of rotatable bonds is 3. The molecule has 0 bridgehead atoms. The molecule has 1 N–H and O–H groups in total. The summed E-state index contributed by atoms with van der Waals surface area (Å²) in [6.45, 7) is 1.82. The van der Waals surface area contributed by atoms with Crippen molar-refractivity contribution in [3.8, 4) is 11.1 Å². The van der Waals surface area contributed by atoms with E-state index in [1.165, 1.54) is 0 Å². The van der Waals surface area contributed by atoms with Crippen molar-refractivity contribution in [2.45, 2.75) is 6.92 Å². The average molecular weight is 326 g/mol. The number of halogens is 1. The van der Waals surface area contributed by atoms with E-state index >= 15 is 0 Å². The lowest BCUT2D eigenvalue weighted by Gasteiger charge is -2.11. The number of aryl methyl sites for hydroxylation is 2. The minimum absolute atomic E-state index is 0.169. The van der Waals surface area contributed by atoms with Crippen molar-refractivity contribution in [3.05, 3.63) is 71.0 Å². The molecule has 0 spiro atoms. The fourth-order valence-corrected chi connectivity index (χ4v) is 2.61. The SMILES string of the molecule is Cc1nn(C)cc1C(=O)Nc1ccccc1-c1ccc(Cl)cc1. The molecular weight excluding hydrogens is 310 g/mol. The maximum atomic E-state index is 12.5. The molecule has 1 heterocycles. The van der Waals surface area contributed by atoms with Crippen LogP contribution >= 0.6 is 11.6 Å². The van der Waals surface area contributed by atoms with Gasteiger partial charge in [0.2, 0.25) is 0 Å². The standard InChI is InChI=1S/C18H16ClN3O/c1-12-16(11-22(2)21-12)18(23)20-17-6-4-3-5-15(17)13-7-9-14(19)10-8-13/h3-11H,1-2H3,(H,20,23). The number of benzene rings is 2. The summed E-state index contributed by atoms with van der Waals surface area (Å²) in [5, 5.41) is 7.86. The number of nitrogens with one attached hydrogen (secondary N) is 1. The molecule has 0 unspecified atom stereocenters. The summed E-state index contributed by atoms with van der Waals surface area (Å²) in [5.74, 6) is -0.169. The fraction of sp³-hybridized carbons (Fsp3) is 0.111. The van der Waals surface area contributed by atoms with Gasteiger partial charge in [-0.1, -0.05) is 41.9 Å². The summed E-state index contributed by atoms with van der Waals surface area (Å²) in [6.07, 6.45) is 1.72. The Balaban J connectivity index is 1.93. The van der Waals surface area contributed by atoms with Crippen LogP contribution < -0.4 is 5.32 Å². The number of anilines is 1. The molecule has 0 fully saturated rings. The van der Waals surface area contributed by atoms with Gasteiger partial charge in [-0.25, -0.2) is 0 Å². The molecule has 0 atom stereocenters. The fourth-order valence-electron chi connectivity index (χ4n) is 2.49. The zero-order valence-corrected chi connectivity index (χ0v) is 13.6. The predicted molar refractivity (Wildman–Crippen MR) is 92.8 cm³/mol. The number of amides is 1. The minimum Gasteiger partial charge on any atom is -0.321 e. The molecule has 3 aromatic rings. The van der Waals surface area contributed by atoms with Gasteiger partial charge in [0.05, 0.1) is 11.3 Å². The highest BCUT2D eigenvalue weighted by molar-refractivity contribution is 6.30. The minimum atomic E-state index is -0.169. The van der Waals surface area contributed by atoms with Crippen molar-refractivity contribution in [2.24, 2.45) is 7.05 Å². The number of aromatic nitrogens is 2. The van der Waals surface area contributed by atoms with Gasteiger partial charge in [-0.05, 0) is 30.7 Å². The highest BCUT2D eigenvalue weighted by Gasteiger charge is 2.14. The van der Waals surface area contributed by atoms with Crippen LogP contribution in [-0.2, 0) is 7.05 Å². The van der Waals surface area contributed by atoms with Gasteiger partial charge in [-0.15, -0.1) is 0 Å². The van der Waals surface area contributed by atoms with E-state index in [0.717, 1.165) is 16.8 Å². The zero-order chi connectivity index (χ0) is 16.4.